The first kappa shape index (κ1) is 16.8. The molecule has 1 unspecified atom stereocenters. The number of amides is 1. The van der Waals surface area contributed by atoms with Crippen LogP contribution in [-0.2, 0) is 4.74 Å². The molecule has 0 bridgehead atoms. The van der Waals surface area contributed by atoms with Crippen molar-refractivity contribution in [2.75, 3.05) is 32.5 Å². The van der Waals surface area contributed by atoms with Crippen molar-refractivity contribution in [1.29, 1.82) is 0 Å². The van der Waals surface area contributed by atoms with Gasteiger partial charge < -0.3 is 15.0 Å². The summed E-state index contributed by atoms with van der Waals surface area (Å²) in [6.45, 7) is 4.08. The van der Waals surface area contributed by atoms with Crippen LogP contribution < -0.4 is 5.32 Å². The first-order valence-corrected chi connectivity index (χ1v) is 9.76. The van der Waals surface area contributed by atoms with Gasteiger partial charge in [-0.15, -0.1) is 11.8 Å². The number of thioether (sulfide) groups is 1. The summed E-state index contributed by atoms with van der Waals surface area (Å²) >= 11 is 1.69. The second kappa shape index (κ2) is 8.18. The summed E-state index contributed by atoms with van der Waals surface area (Å²) in [5.41, 5.74) is 0.754. The average Bonchev–Trinajstić information content (AvgIpc) is 3.10. The van der Waals surface area contributed by atoms with Crippen molar-refractivity contribution < 1.29 is 9.53 Å². The van der Waals surface area contributed by atoms with Gasteiger partial charge in [0.1, 0.15) is 0 Å². The van der Waals surface area contributed by atoms with E-state index in [1.54, 1.807) is 11.8 Å². The molecular weight excluding hydrogens is 308 g/mol. The Bertz CT molecular complexity index is 506. The highest BCUT2D eigenvalue weighted by molar-refractivity contribution is 7.98. The van der Waals surface area contributed by atoms with Gasteiger partial charge in [0.2, 0.25) is 0 Å². The highest BCUT2D eigenvalue weighted by Crippen LogP contribution is 2.18. The van der Waals surface area contributed by atoms with Gasteiger partial charge in [-0.3, -0.25) is 4.79 Å². The minimum absolute atomic E-state index is 0.0511. The Labute approximate surface area is 143 Å². The standard InChI is InChI=1S/C18H26N2O2S/c1-23-17-6-4-14(5-7-17)18(21)19-15-8-10-20(11-9-15)13-16-3-2-12-22-16/h4-7,15-16H,2-3,8-13H2,1H3,(H,19,21). The van der Waals surface area contributed by atoms with Gasteiger partial charge in [0.25, 0.3) is 5.91 Å². The van der Waals surface area contributed by atoms with E-state index in [1.807, 2.05) is 30.5 Å². The molecule has 0 spiro atoms. The molecule has 4 nitrogen and oxygen atoms in total. The van der Waals surface area contributed by atoms with Crippen molar-refractivity contribution in [3.63, 3.8) is 0 Å². The van der Waals surface area contributed by atoms with Crippen LogP contribution in [-0.4, -0.2) is 55.4 Å². The van der Waals surface area contributed by atoms with Crippen LogP contribution in [0.5, 0.6) is 0 Å². The summed E-state index contributed by atoms with van der Waals surface area (Å²) in [5, 5.41) is 3.18. The molecule has 0 aromatic heterocycles. The maximum absolute atomic E-state index is 12.3. The van der Waals surface area contributed by atoms with Crippen molar-refractivity contribution in [3.05, 3.63) is 29.8 Å². The van der Waals surface area contributed by atoms with Crippen LogP contribution >= 0.6 is 11.8 Å². The fourth-order valence-corrected chi connectivity index (χ4v) is 3.76. The molecule has 2 aliphatic rings. The molecule has 1 aromatic rings. The molecule has 1 N–H and O–H groups in total. The zero-order chi connectivity index (χ0) is 16.1. The van der Waals surface area contributed by atoms with E-state index in [0.717, 1.165) is 44.6 Å². The van der Waals surface area contributed by atoms with Gasteiger partial charge >= 0.3 is 0 Å². The molecule has 1 aromatic carbocycles. The maximum Gasteiger partial charge on any atom is 0.251 e. The second-order valence-electron chi connectivity index (χ2n) is 6.41. The van der Waals surface area contributed by atoms with Gasteiger partial charge in [-0.1, -0.05) is 0 Å². The predicted molar refractivity (Wildman–Crippen MR) is 94.1 cm³/mol. The second-order valence-corrected chi connectivity index (χ2v) is 7.29. The summed E-state index contributed by atoms with van der Waals surface area (Å²) in [6, 6.07) is 8.12. The molecule has 2 saturated heterocycles. The smallest absolute Gasteiger partial charge is 0.251 e. The number of likely N-dealkylation sites (tertiary alicyclic amines) is 1. The Balaban J connectivity index is 1.43. The third kappa shape index (κ3) is 4.72. The lowest BCUT2D eigenvalue weighted by Gasteiger charge is -2.33. The monoisotopic (exact) mass is 334 g/mol. The minimum Gasteiger partial charge on any atom is -0.377 e. The quantitative estimate of drug-likeness (QED) is 0.841. The lowest BCUT2D eigenvalue weighted by atomic mass is 10.0. The van der Waals surface area contributed by atoms with E-state index in [0.29, 0.717) is 12.1 Å². The summed E-state index contributed by atoms with van der Waals surface area (Å²) < 4.78 is 5.71. The lowest BCUT2D eigenvalue weighted by Crippen LogP contribution is -2.46. The molecular formula is C18H26N2O2S. The Hall–Kier alpha value is -1.04. The molecule has 1 atom stereocenters. The first-order chi connectivity index (χ1) is 11.2. The van der Waals surface area contributed by atoms with Crippen LogP contribution in [0.4, 0.5) is 0 Å². The topological polar surface area (TPSA) is 41.6 Å². The van der Waals surface area contributed by atoms with Crippen LogP contribution in [0.3, 0.4) is 0 Å². The van der Waals surface area contributed by atoms with E-state index in [1.165, 1.54) is 17.7 Å². The largest absolute Gasteiger partial charge is 0.377 e. The van der Waals surface area contributed by atoms with E-state index in [4.69, 9.17) is 4.74 Å². The van der Waals surface area contributed by atoms with E-state index >= 15 is 0 Å². The molecule has 2 fully saturated rings. The molecule has 3 rings (SSSR count). The number of rotatable bonds is 5. The minimum atomic E-state index is 0.0511. The first-order valence-electron chi connectivity index (χ1n) is 8.53. The molecule has 126 valence electrons. The van der Waals surface area contributed by atoms with Gasteiger partial charge in [0.05, 0.1) is 6.10 Å². The molecule has 2 heterocycles. The van der Waals surface area contributed by atoms with E-state index in [-0.39, 0.29) is 5.91 Å². The van der Waals surface area contributed by atoms with Crippen LogP contribution in [0, 0.1) is 0 Å². The summed E-state index contributed by atoms with van der Waals surface area (Å²) in [7, 11) is 0. The van der Waals surface area contributed by atoms with Crippen LogP contribution in [0.25, 0.3) is 0 Å². The Kier molecular flexibility index (Phi) is 5.97. The fourth-order valence-electron chi connectivity index (χ4n) is 3.35. The molecule has 1 amide bonds. The third-order valence-electron chi connectivity index (χ3n) is 4.76. The number of carbonyl (C=O) groups is 1. The van der Waals surface area contributed by atoms with Gasteiger partial charge in [0.15, 0.2) is 0 Å². The molecule has 5 heteroatoms. The number of nitrogens with zero attached hydrogens (tertiary/aromatic N) is 1. The van der Waals surface area contributed by atoms with Gasteiger partial charge in [-0.2, -0.15) is 0 Å². The molecule has 2 aliphatic heterocycles. The molecule has 0 radical (unpaired) electrons. The number of piperidine rings is 1. The average molecular weight is 334 g/mol. The Morgan fingerprint density at radius 2 is 2.00 bits per heavy atom. The van der Waals surface area contributed by atoms with E-state index in [2.05, 4.69) is 10.2 Å². The SMILES string of the molecule is CSc1ccc(C(=O)NC2CCN(CC3CCCO3)CC2)cc1. The van der Waals surface area contributed by atoms with Crippen molar-refractivity contribution >= 4 is 17.7 Å². The number of nitrogens with one attached hydrogen (secondary N) is 1. The zero-order valence-electron chi connectivity index (χ0n) is 13.8. The molecule has 23 heavy (non-hydrogen) atoms. The van der Waals surface area contributed by atoms with Crippen LogP contribution in [0.1, 0.15) is 36.0 Å². The van der Waals surface area contributed by atoms with Crippen molar-refractivity contribution in [1.82, 2.24) is 10.2 Å². The molecule has 0 saturated carbocycles. The highest BCUT2D eigenvalue weighted by Gasteiger charge is 2.24. The summed E-state index contributed by atoms with van der Waals surface area (Å²) in [5.74, 6) is 0.0511. The van der Waals surface area contributed by atoms with Crippen molar-refractivity contribution in [2.45, 2.75) is 42.7 Å². The number of hydrogen-bond donors (Lipinski definition) is 1. The maximum atomic E-state index is 12.3. The fraction of sp³-hybridized carbons (Fsp3) is 0.611. The summed E-state index contributed by atoms with van der Waals surface area (Å²) in [4.78, 5) is 16.0. The van der Waals surface area contributed by atoms with Gasteiger partial charge in [-0.25, -0.2) is 0 Å². The zero-order valence-corrected chi connectivity index (χ0v) is 14.6. The van der Waals surface area contributed by atoms with Crippen molar-refractivity contribution in [2.24, 2.45) is 0 Å². The van der Waals surface area contributed by atoms with E-state index in [9.17, 15) is 4.79 Å². The van der Waals surface area contributed by atoms with E-state index < -0.39 is 0 Å². The summed E-state index contributed by atoms with van der Waals surface area (Å²) in [6.07, 6.45) is 6.92. The number of benzene rings is 1. The Morgan fingerprint density at radius 1 is 1.26 bits per heavy atom. The van der Waals surface area contributed by atoms with Crippen LogP contribution in [0.2, 0.25) is 0 Å². The van der Waals surface area contributed by atoms with Crippen molar-refractivity contribution in [3.8, 4) is 0 Å². The normalized spacial score (nSPS) is 23.1. The third-order valence-corrected chi connectivity index (χ3v) is 5.50. The highest BCUT2D eigenvalue weighted by atomic mass is 32.2. The predicted octanol–water partition coefficient (Wildman–Crippen LogP) is 2.78. The van der Waals surface area contributed by atoms with Gasteiger partial charge in [-0.05, 0) is 56.2 Å². The number of hydrogen-bond acceptors (Lipinski definition) is 4. The lowest BCUT2D eigenvalue weighted by molar-refractivity contribution is 0.0613. The Morgan fingerprint density at radius 3 is 2.61 bits per heavy atom. The molecule has 0 aliphatic carbocycles. The number of ether oxygens (including phenoxy) is 1. The number of carbonyl (C=O) groups excluding carboxylic acids is 1. The van der Waals surface area contributed by atoms with Crippen LogP contribution in [0.15, 0.2) is 29.2 Å². The van der Waals surface area contributed by atoms with Gasteiger partial charge in [0, 0.05) is 42.7 Å².